The van der Waals surface area contributed by atoms with Gasteiger partial charge in [-0.1, -0.05) is 112 Å². The predicted molar refractivity (Wildman–Crippen MR) is 171 cm³/mol. The fourth-order valence-corrected chi connectivity index (χ4v) is 4.36. The standard InChI is InChI=1S/2C18H19N.2ClH.Pt/c2*1-2-3-4-5-15-6-10-17(11-7-15)18-12-8-16(14-19)9-13-18;;;/h2*6-13H,2-5H2,1H3;2*1H;/q;;;;+2/p-2. The first-order chi connectivity index (χ1) is 20.1. The van der Waals surface area contributed by atoms with E-state index >= 15 is 0 Å². The van der Waals surface area contributed by atoms with Gasteiger partial charge in [0.2, 0.25) is 0 Å². The van der Waals surface area contributed by atoms with Crippen LogP contribution >= 0.6 is 18.8 Å². The van der Waals surface area contributed by atoms with Crippen molar-refractivity contribution in [3.05, 3.63) is 119 Å². The van der Waals surface area contributed by atoms with Crippen LogP contribution in [0.15, 0.2) is 97.1 Å². The van der Waals surface area contributed by atoms with Crippen molar-refractivity contribution in [3.8, 4) is 34.4 Å². The van der Waals surface area contributed by atoms with Crippen molar-refractivity contribution in [3.63, 3.8) is 0 Å². The summed E-state index contributed by atoms with van der Waals surface area (Å²) in [6, 6.07) is 37.3. The van der Waals surface area contributed by atoms with E-state index in [0.717, 1.165) is 0 Å². The topological polar surface area (TPSA) is 47.6 Å². The van der Waals surface area contributed by atoms with E-state index in [0.29, 0.717) is 11.1 Å². The number of nitrogens with zero attached hydrogens (tertiary/aromatic N) is 2. The zero-order chi connectivity index (χ0) is 29.7. The number of aryl methyl sites for hydroxylation is 2. The summed E-state index contributed by atoms with van der Waals surface area (Å²) in [5, 5.41) is 17.6. The summed E-state index contributed by atoms with van der Waals surface area (Å²) in [7, 11) is 9.75. The third-order valence-corrected chi connectivity index (χ3v) is 6.74. The van der Waals surface area contributed by atoms with Gasteiger partial charge in [0.15, 0.2) is 0 Å². The van der Waals surface area contributed by atoms with Gasteiger partial charge in [-0.15, -0.1) is 0 Å². The second kappa shape index (κ2) is 20.9. The Hall–Kier alpha value is -2.87. The van der Waals surface area contributed by atoms with E-state index in [2.05, 4.69) is 74.5 Å². The Bertz CT molecular complexity index is 1230. The molecule has 4 rings (SSSR count). The van der Waals surface area contributed by atoms with E-state index in [9.17, 15) is 0 Å². The molecule has 0 aliphatic carbocycles. The zero-order valence-corrected chi connectivity index (χ0v) is 27.6. The average Bonchev–Trinajstić information content (AvgIpc) is 3.03. The first-order valence-electron chi connectivity index (χ1n) is 14.1. The normalized spacial score (nSPS) is 9.90. The van der Waals surface area contributed by atoms with Crippen LogP contribution in [0.25, 0.3) is 22.3 Å². The molecule has 0 fully saturated rings. The summed E-state index contributed by atoms with van der Waals surface area (Å²) in [5.41, 5.74) is 8.99. The van der Waals surface area contributed by atoms with Crippen LogP contribution in [0.4, 0.5) is 0 Å². The average molecular weight is 765 g/mol. The maximum absolute atomic E-state index is 8.79. The molecule has 0 bridgehead atoms. The van der Waals surface area contributed by atoms with Crippen molar-refractivity contribution in [2.45, 2.75) is 65.2 Å². The molecule has 4 aromatic carbocycles. The molecule has 0 atom stereocenters. The Morgan fingerprint density at radius 3 is 1.00 bits per heavy atom. The number of benzene rings is 4. The molecular formula is C36H38Cl2N2Pt. The zero-order valence-electron chi connectivity index (χ0n) is 23.9. The fourth-order valence-electron chi connectivity index (χ4n) is 4.36. The summed E-state index contributed by atoms with van der Waals surface area (Å²) in [6.45, 7) is 4.46. The van der Waals surface area contributed by atoms with E-state index in [1.54, 1.807) is 0 Å². The van der Waals surface area contributed by atoms with E-state index in [-0.39, 0.29) is 0 Å². The van der Waals surface area contributed by atoms with Gasteiger partial charge in [0.05, 0.1) is 23.3 Å². The number of unbranched alkanes of at least 4 members (excludes halogenated alkanes) is 4. The molecule has 0 aromatic heterocycles. The summed E-state index contributed by atoms with van der Waals surface area (Å²) in [5.74, 6) is 0. The molecule has 41 heavy (non-hydrogen) atoms. The van der Waals surface area contributed by atoms with Crippen molar-refractivity contribution in [1.29, 1.82) is 10.5 Å². The Morgan fingerprint density at radius 2 is 0.756 bits per heavy atom. The van der Waals surface area contributed by atoms with Crippen molar-refractivity contribution >= 4 is 18.8 Å². The molecule has 0 radical (unpaired) electrons. The first-order valence-corrected chi connectivity index (χ1v) is 19.7. The van der Waals surface area contributed by atoms with Crippen molar-refractivity contribution in [2.75, 3.05) is 0 Å². The Labute approximate surface area is 263 Å². The number of halogens is 2. The van der Waals surface area contributed by atoms with Crippen molar-refractivity contribution < 1.29 is 16.5 Å². The fraction of sp³-hybridized carbons (Fsp3) is 0.278. The quantitative estimate of drug-likeness (QED) is 0.151. The summed E-state index contributed by atoms with van der Waals surface area (Å²) in [4.78, 5) is 0. The van der Waals surface area contributed by atoms with Gasteiger partial charge in [0.25, 0.3) is 0 Å². The van der Waals surface area contributed by atoms with Gasteiger partial charge in [-0.3, -0.25) is 0 Å². The van der Waals surface area contributed by atoms with Crippen LogP contribution in [-0.2, 0) is 29.3 Å². The molecule has 0 spiro atoms. The third-order valence-electron chi connectivity index (χ3n) is 6.74. The van der Waals surface area contributed by atoms with Gasteiger partial charge in [-0.05, 0) is 83.3 Å². The van der Waals surface area contributed by atoms with E-state index in [4.69, 9.17) is 29.4 Å². The van der Waals surface area contributed by atoms with E-state index < -0.39 is 16.5 Å². The summed E-state index contributed by atoms with van der Waals surface area (Å²) < 4.78 is 0. The first kappa shape index (κ1) is 34.3. The molecule has 0 heterocycles. The van der Waals surface area contributed by atoms with Crippen LogP contribution in [0, 0.1) is 22.7 Å². The van der Waals surface area contributed by atoms with Crippen molar-refractivity contribution in [2.24, 2.45) is 0 Å². The van der Waals surface area contributed by atoms with Gasteiger partial charge in [-0.2, -0.15) is 10.5 Å². The van der Waals surface area contributed by atoms with Gasteiger partial charge >= 0.3 is 35.3 Å². The number of rotatable bonds is 10. The molecule has 0 amide bonds. The minimum absolute atomic E-state index is 0.472. The van der Waals surface area contributed by atoms with Crippen LogP contribution in [0.3, 0.4) is 0 Å². The molecule has 216 valence electrons. The minimum atomic E-state index is -0.472. The Morgan fingerprint density at radius 1 is 0.488 bits per heavy atom. The van der Waals surface area contributed by atoms with Gasteiger partial charge in [-0.25, -0.2) is 0 Å². The third kappa shape index (κ3) is 13.1. The van der Waals surface area contributed by atoms with Crippen LogP contribution in [0.2, 0.25) is 0 Å². The molecule has 0 N–H and O–H groups in total. The van der Waals surface area contributed by atoms with E-state index in [1.165, 1.54) is 84.7 Å². The molecule has 0 saturated carbocycles. The SMILES string of the molecule is CCCCCc1ccc(-c2ccc(C#N)cc2)cc1.CCCCCc1ccc(-c2ccc(C#N)cc2)cc1.[Cl][Pt][Cl]. The number of hydrogen-bond acceptors (Lipinski definition) is 2. The molecule has 5 heteroatoms. The molecule has 0 aliphatic heterocycles. The van der Waals surface area contributed by atoms with Gasteiger partial charge < -0.3 is 0 Å². The second-order valence-corrected chi connectivity index (χ2v) is 13.0. The van der Waals surface area contributed by atoms with Crippen LogP contribution in [-0.4, -0.2) is 0 Å². The Kier molecular flexibility index (Phi) is 17.5. The second-order valence-electron chi connectivity index (χ2n) is 9.73. The molecule has 0 saturated heterocycles. The van der Waals surface area contributed by atoms with Crippen LogP contribution < -0.4 is 0 Å². The molecule has 2 nitrogen and oxygen atoms in total. The Balaban J connectivity index is 0.000000262. The molecule has 0 unspecified atom stereocenters. The number of hydrogen-bond donors (Lipinski definition) is 0. The molecular weight excluding hydrogens is 726 g/mol. The predicted octanol–water partition coefficient (Wildman–Crippen LogP) is 11.3. The molecule has 4 aromatic rings. The maximum atomic E-state index is 8.79. The van der Waals surface area contributed by atoms with Crippen LogP contribution in [0.5, 0.6) is 0 Å². The van der Waals surface area contributed by atoms with Gasteiger partial charge in [0.1, 0.15) is 0 Å². The molecule has 0 aliphatic rings. The van der Waals surface area contributed by atoms with Crippen molar-refractivity contribution in [1.82, 2.24) is 0 Å². The van der Waals surface area contributed by atoms with Gasteiger partial charge in [0, 0.05) is 0 Å². The monoisotopic (exact) mass is 763 g/mol. The summed E-state index contributed by atoms with van der Waals surface area (Å²) >= 11 is -0.472. The number of nitriles is 2. The van der Waals surface area contributed by atoms with E-state index in [1.807, 2.05) is 48.5 Å². The summed E-state index contributed by atoms with van der Waals surface area (Å²) in [6.07, 6.45) is 10.0. The van der Waals surface area contributed by atoms with Crippen LogP contribution in [0.1, 0.15) is 74.6 Å².